The van der Waals surface area contributed by atoms with Crippen LogP contribution in [0.15, 0.2) is 0 Å². The summed E-state index contributed by atoms with van der Waals surface area (Å²) in [5.41, 5.74) is 1.39. The third kappa shape index (κ3) is 3.44. The molecule has 0 heterocycles. The van der Waals surface area contributed by atoms with Gasteiger partial charge in [-0.3, -0.25) is 5.73 Å². The van der Waals surface area contributed by atoms with E-state index in [1.807, 2.05) is 0 Å². The molecule has 0 aliphatic heterocycles. The summed E-state index contributed by atoms with van der Waals surface area (Å²) in [6, 6.07) is 0. The Kier molecular flexibility index (Phi) is 3.90. The van der Waals surface area contributed by atoms with E-state index in [0.717, 1.165) is 0 Å². The van der Waals surface area contributed by atoms with Crippen LogP contribution >= 0.6 is 0 Å². The SMILES string of the molecule is CC(C)(C)OC(=O)C(N)(O)C(C)(C)CO. The molecular formula is C10H21NO4. The molecule has 1 unspecified atom stereocenters. The van der Waals surface area contributed by atoms with Gasteiger partial charge in [0.15, 0.2) is 0 Å². The van der Waals surface area contributed by atoms with Crippen LogP contribution in [0.5, 0.6) is 0 Å². The maximum atomic E-state index is 11.6. The second kappa shape index (κ2) is 4.08. The molecule has 15 heavy (non-hydrogen) atoms. The lowest BCUT2D eigenvalue weighted by atomic mass is 9.82. The molecule has 1 atom stereocenters. The minimum Gasteiger partial charge on any atom is -0.457 e. The van der Waals surface area contributed by atoms with E-state index in [1.54, 1.807) is 20.8 Å². The number of hydrogen-bond acceptors (Lipinski definition) is 5. The van der Waals surface area contributed by atoms with E-state index in [1.165, 1.54) is 13.8 Å². The highest BCUT2D eigenvalue weighted by Crippen LogP contribution is 2.28. The monoisotopic (exact) mass is 219 g/mol. The van der Waals surface area contributed by atoms with E-state index in [2.05, 4.69) is 0 Å². The summed E-state index contributed by atoms with van der Waals surface area (Å²) in [7, 11) is 0. The molecule has 0 aromatic heterocycles. The zero-order chi connectivity index (χ0) is 12.5. The standard InChI is InChI=1S/C10H21NO4/c1-8(2,3)15-7(13)10(11,14)9(4,5)6-12/h12,14H,6,11H2,1-5H3. The van der Waals surface area contributed by atoms with Crippen molar-refractivity contribution in [3.63, 3.8) is 0 Å². The second-order valence-corrected chi connectivity index (χ2v) is 5.31. The molecule has 0 rings (SSSR count). The van der Waals surface area contributed by atoms with Crippen LogP contribution in [-0.2, 0) is 9.53 Å². The average Bonchev–Trinajstić information content (AvgIpc) is 2.00. The number of aliphatic hydroxyl groups is 2. The van der Waals surface area contributed by atoms with E-state index in [0.29, 0.717) is 0 Å². The molecule has 0 amide bonds. The second-order valence-electron chi connectivity index (χ2n) is 5.31. The van der Waals surface area contributed by atoms with Gasteiger partial charge >= 0.3 is 5.97 Å². The van der Waals surface area contributed by atoms with Crippen molar-refractivity contribution in [3.8, 4) is 0 Å². The van der Waals surface area contributed by atoms with Crippen LogP contribution in [0, 0.1) is 5.41 Å². The van der Waals surface area contributed by atoms with E-state index in [-0.39, 0.29) is 0 Å². The van der Waals surface area contributed by atoms with Crippen LogP contribution in [0.2, 0.25) is 0 Å². The molecule has 0 aromatic rings. The van der Waals surface area contributed by atoms with Crippen LogP contribution in [0.25, 0.3) is 0 Å². The lowest BCUT2D eigenvalue weighted by Crippen LogP contribution is -2.61. The number of hydrogen-bond donors (Lipinski definition) is 3. The van der Waals surface area contributed by atoms with Crippen LogP contribution in [0.3, 0.4) is 0 Å². The summed E-state index contributed by atoms with van der Waals surface area (Å²) >= 11 is 0. The van der Waals surface area contributed by atoms with Crippen molar-refractivity contribution < 1.29 is 19.7 Å². The molecular weight excluding hydrogens is 198 g/mol. The number of carbonyl (C=O) groups excluding carboxylic acids is 1. The molecule has 0 aliphatic rings. The number of ether oxygens (including phenoxy) is 1. The fraction of sp³-hybridized carbons (Fsp3) is 0.900. The van der Waals surface area contributed by atoms with Crippen molar-refractivity contribution in [2.24, 2.45) is 11.1 Å². The van der Waals surface area contributed by atoms with Crippen LogP contribution < -0.4 is 5.73 Å². The Morgan fingerprint density at radius 2 is 1.67 bits per heavy atom. The fourth-order valence-electron chi connectivity index (χ4n) is 0.753. The normalized spacial score (nSPS) is 17.1. The molecule has 0 bridgehead atoms. The Balaban J connectivity index is 4.82. The van der Waals surface area contributed by atoms with Gasteiger partial charge in [-0.15, -0.1) is 0 Å². The summed E-state index contributed by atoms with van der Waals surface area (Å²) in [6.45, 7) is 7.57. The number of carbonyl (C=O) groups is 1. The zero-order valence-corrected chi connectivity index (χ0v) is 10.00. The molecule has 0 aliphatic carbocycles. The van der Waals surface area contributed by atoms with Gasteiger partial charge < -0.3 is 14.9 Å². The zero-order valence-electron chi connectivity index (χ0n) is 10.00. The van der Waals surface area contributed by atoms with E-state index in [4.69, 9.17) is 15.6 Å². The van der Waals surface area contributed by atoms with Gasteiger partial charge in [-0.1, -0.05) is 13.8 Å². The third-order valence-electron chi connectivity index (χ3n) is 2.14. The summed E-state index contributed by atoms with van der Waals surface area (Å²) in [5.74, 6) is -0.936. The Morgan fingerprint density at radius 1 is 1.27 bits per heavy atom. The fourth-order valence-corrected chi connectivity index (χ4v) is 0.753. The lowest BCUT2D eigenvalue weighted by Gasteiger charge is -2.37. The topological polar surface area (TPSA) is 92.8 Å². The molecule has 0 spiro atoms. The predicted octanol–water partition coefficient (Wildman–Crippen LogP) is -0.00610. The Hall–Kier alpha value is -0.650. The molecule has 5 nitrogen and oxygen atoms in total. The molecule has 5 heteroatoms. The first-order valence-corrected chi connectivity index (χ1v) is 4.79. The number of aliphatic hydroxyl groups excluding tert-OH is 1. The molecule has 0 aromatic carbocycles. The number of esters is 1. The highest BCUT2D eigenvalue weighted by Gasteiger charge is 2.48. The van der Waals surface area contributed by atoms with Crippen molar-refractivity contribution in [1.82, 2.24) is 0 Å². The average molecular weight is 219 g/mol. The van der Waals surface area contributed by atoms with E-state index < -0.39 is 29.3 Å². The largest absolute Gasteiger partial charge is 0.457 e. The van der Waals surface area contributed by atoms with Crippen molar-refractivity contribution in [1.29, 1.82) is 0 Å². The summed E-state index contributed by atoms with van der Waals surface area (Å²) in [4.78, 5) is 11.6. The smallest absolute Gasteiger partial charge is 0.354 e. The van der Waals surface area contributed by atoms with Gasteiger partial charge in [-0.25, -0.2) is 4.79 Å². The van der Waals surface area contributed by atoms with Gasteiger partial charge in [0.05, 0.1) is 6.61 Å². The highest BCUT2D eigenvalue weighted by atomic mass is 16.6. The van der Waals surface area contributed by atoms with Gasteiger partial charge in [-0.05, 0) is 20.8 Å². The highest BCUT2D eigenvalue weighted by molar-refractivity contribution is 5.79. The first-order valence-electron chi connectivity index (χ1n) is 4.79. The third-order valence-corrected chi connectivity index (χ3v) is 2.14. The van der Waals surface area contributed by atoms with Gasteiger partial charge in [0.25, 0.3) is 0 Å². The van der Waals surface area contributed by atoms with Crippen LogP contribution in [0.4, 0.5) is 0 Å². The Bertz CT molecular complexity index is 240. The molecule has 4 N–H and O–H groups in total. The summed E-state index contributed by atoms with van der Waals surface area (Å²) in [6.07, 6.45) is 0. The summed E-state index contributed by atoms with van der Waals surface area (Å²) < 4.78 is 4.97. The van der Waals surface area contributed by atoms with E-state index >= 15 is 0 Å². The van der Waals surface area contributed by atoms with Gasteiger partial charge in [0, 0.05) is 5.41 Å². The maximum Gasteiger partial charge on any atom is 0.354 e. The minimum atomic E-state index is -2.20. The first-order chi connectivity index (χ1) is 6.44. The molecule has 0 radical (unpaired) electrons. The maximum absolute atomic E-state index is 11.6. The Morgan fingerprint density at radius 3 is 1.93 bits per heavy atom. The number of nitrogens with two attached hydrogens (primary N) is 1. The van der Waals surface area contributed by atoms with Crippen LogP contribution in [-0.4, -0.2) is 34.1 Å². The Labute approximate surface area is 90.2 Å². The van der Waals surface area contributed by atoms with Crippen molar-refractivity contribution in [3.05, 3.63) is 0 Å². The predicted molar refractivity (Wildman–Crippen MR) is 55.8 cm³/mol. The van der Waals surface area contributed by atoms with Crippen molar-refractivity contribution in [2.45, 2.75) is 45.9 Å². The van der Waals surface area contributed by atoms with Crippen molar-refractivity contribution in [2.75, 3.05) is 6.61 Å². The molecule has 0 fully saturated rings. The summed E-state index contributed by atoms with van der Waals surface area (Å²) in [5, 5.41) is 18.8. The molecule has 0 saturated heterocycles. The lowest BCUT2D eigenvalue weighted by molar-refractivity contribution is -0.193. The van der Waals surface area contributed by atoms with Gasteiger partial charge in [0.1, 0.15) is 5.60 Å². The van der Waals surface area contributed by atoms with Crippen molar-refractivity contribution >= 4 is 5.97 Å². The number of rotatable bonds is 3. The van der Waals surface area contributed by atoms with Crippen LogP contribution in [0.1, 0.15) is 34.6 Å². The van der Waals surface area contributed by atoms with Gasteiger partial charge in [-0.2, -0.15) is 0 Å². The first kappa shape index (κ1) is 14.3. The molecule has 0 saturated carbocycles. The minimum absolute atomic E-state index is 0.417. The molecule has 90 valence electrons. The van der Waals surface area contributed by atoms with E-state index in [9.17, 15) is 9.90 Å². The quantitative estimate of drug-likeness (QED) is 0.458. The van der Waals surface area contributed by atoms with Gasteiger partial charge in [0.2, 0.25) is 5.72 Å².